The van der Waals surface area contributed by atoms with Crippen molar-refractivity contribution in [3.05, 3.63) is 16.3 Å². The van der Waals surface area contributed by atoms with E-state index in [0.29, 0.717) is 12.6 Å². The number of nitrogens with one attached hydrogen (secondary N) is 2. The van der Waals surface area contributed by atoms with Crippen molar-refractivity contribution in [2.75, 3.05) is 0 Å². The van der Waals surface area contributed by atoms with Crippen molar-refractivity contribution in [2.24, 2.45) is 7.05 Å². The number of urea groups is 1. The van der Waals surface area contributed by atoms with E-state index >= 15 is 0 Å². The van der Waals surface area contributed by atoms with Gasteiger partial charge in [0, 0.05) is 32.1 Å². The van der Waals surface area contributed by atoms with Gasteiger partial charge in [-0.05, 0) is 25.7 Å². The van der Waals surface area contributed by atoms with Crippen molar-refractivity contribution in [1.82, 2.24) is 25.0 Å². The molecule has 0 saturated heterocycles. The summed E-state index contributed by atoms with van der Waals surface area (Å²) < 4.78 is 3.11. The highest BCUT2D eigenvalue weighted by atomic mass is 16.2. The van der Waals surface area contributed by atoms with Crippen molar-refractivity contribution in [3.8, 4) is 0 Å². The number of rotatable bonds is 2. The number of hydrogen-bond donors (Lipinski definition) is 2. The number of carbonyl (C=O) groups is 1. The predicted octanol–water partition coefficient (Wildman–Crippen LogP) is 0.919. The van der Waals surface area contributed by atoms with E-state index in [-0.39, 0.29) is 17.8 Å². The molecule has 7 nitrogen and oxygen atoms in total. The third-order valence-electron chi connectivity index (χ3n) is 4.78. The van der Waals surface area contributed by atoms with Gasteiger partial charge >= 0.3 is 11.7 Å². The number of aromatic nitrogens is 3. The molecule has 0 spiro atoms. The van der Waals surface area contributed by atoms with Gasteiger partial charge in [-0.2, -0.15) is 5.10 Å². The van der Waals surface area contributed by atoms with Crippen LogP contribution in [0.5, 0.6) is 0 Å². The summed E-state index contributed by atoms with van der Waals surface area (Å²) in [5.41, 5.74) is -0.0673. The van der Waals surface area contributed by atoms with Gasteiger partial charge < -0.3 is 10.6 Å². The van der Waals surface area contributed by atoms with Crippen LogP contribution in [-0.4, -0.2) is 32.5 Å². The van der Waals surface area contributed by atoms with Crippen LogP contribution in [0.15, 0.2) is 4.79 Å². The normalized spacial score (nSPS) is 22.7. The van der Waals surface area contributed by atoms with E-state index in [1.165, 1.54) is 23.9 Å². The second kappa shape index (κ2) is 6.54. The van der Waals surface area contributed by atoms with Gasteiger partial charge in [0.1, 0.15) is 5.82 Å². The standard InChI is InChI=1S/C15H25N5O2/c1-19-15(22)20-10-9-12(7-8-13(20)18-19)17-14(21)16-11-5-3-2-4-6-11/h11-12H,2-10H2,1H3,(H2,16,17,21). The zero-order chi connectivity index (χ0) is 15.5. The molecule has 2 heterocycles. The fraction of sp³-hybridized carbons (Fsp3) is 0.800. The molecule has 1 aromatic rings. The lowest BCUT2D eigenvalue weighted by Crippen LogP contribution is -2.47. The molecule has 1 unspecified atom stereocenters. The van der Waals surface area contributed by atoms with Crippen LogP contribution in [0, 0.1) is 0 Å². The largest absolute Gasteiger partial charge is 0.345 e. The molecule has 0 bridgehead atoms. The lowest BCUT2D eigenvalue weighted by molar-refractivity contribution is 0.227. The summed E-state index contributed by atoms with van der Waals surface area (Å²) in [6, 6.07) is 0.363. The molecule has 22 heavy (non-hydrogen) atoms. The molecule has 2 N–H and O–H groups in total. The Morgan fingerprint density at radius 1 is 1.09 bits per heavy atom. The Morgan fingerprint density at radius 3 is 2.50 bits per heavy atom. The minimum atomic E-state index is -0.0673. The van der Waals surface area contributed by atoms with Gasteiger partial charge in [0.05, 0.1) is 0 Å². The molecule has 0 radical (unpaired) electrons. The highest BCUT2D eigenvalue weighted by Gasteiger charge is 2.22. The number of amides is 2. The van der Waals surface area contributed by atoms with E-state index in [1.807, 2.05) is 0 Å². The summed E-state index contributed by atoms with van der Waals surface area (Å²) in [5, 5.41) is 10.4. The molecule has 1 aromatic heterocycles. The first-order chi connectivity index (χ1) is 10.6. The van der Waals surface area contributed by atoms with Crippen LogP contribution in [0.3, 0.4) is 0 Å². The lowest BCUT2D eigenvalue weighted by atomic mass is 9.96. The summed E-state index contributed by atoms with van der Waals surface area (Å²) in [4.78, 5) is 24.0. The van der Waals surface area contributed by atoms with Gasteiger partial charge in [-0.3, -0.25) is 4.57 Å². The molecular formula is C15H25N5O2. The van der Waals surface area contributed by atoms with Gasteiger partial charge in [-0.15, -0.1) is 0 Å². The molecule has 3 rings (SSSR count). The van der Waals surface area contributed by atoms with Crippen LogP contribution in [0.2, 0.25) is 0 Å². The molecule has 1 fully saturated rings. The number of fused-ring (bicyclic) bond motifs is 1. The Balaban J connectivity index is 1.52. The van der Waals surface area contributed by atoms with Crippen LogP contribution in [0.25, 0.3) is 0 Å². The van der Waals surface area contributed by atoms with E-state index in [1.54, 1.807) is 11.6 Å². The van der Waals surface area contributed by atoms with Gasteiger partial charge in [0.2, 0.25) is 0 Å². The molecule has 1 atom stereocenters. The Morgan fingerprint density at radius 2 is 1.77 bits per heavy atom. The average molecular weight is 307 g/mol. The Bertz CT molecular complexity index is 585. The maximum Gasteiger partial charge on any atom is 0.345 e. The quantitative estimate of drug-likeness (QED) is 0.852. The molecule has 1 aliphatic heterocycles. The molecular weight excluding hydrogens is 282 g/mol. The number of hydrogen-bond acceptors (Lipinski definition) is 3. The summed E-state index contributed by atoms with van der Waals surface area (Å²) in [6.45, 7) is 0.621. The average Bonchev–Trinajstić information content (AvgIpc) is 2.67. The van der Waals surface area contributed by atoms with Crippen LogP contribution < -0.4 is 16.3 Å². The fourth-order valence-electron chi connectivity index (χ4n) is 3.50. The molecule has 2 amide bonds. The maximum atomic E-state index is 12.1. The van der Waals surface area contributed by atoms with E-state index in [9.17, 15) is 9.59 Å². The number of aryl methyl sites for hydroxylation is 2. The first kappa shape index (κ1) is 15.1. The third kappa shape index (κ3) is 3.34. The minimum Gasteiger partial charge on any atom is -0.335 e. The maximum absolute atomic E-state index is 12.1. The Kier molecular flexibility index (Phi) is 4.49. The Labute approximate surface area is 130 Å². The highest BCUT2D eigenvalue weighted by Crippen LogP contribution is 2.17. The van der Waals surface area contributed by atoms with Crippen LogP contribution in [-0.2, 0) is 20.0 Å². The SMILES string of the molecule is Cn1nc2n(c1=O)CCC(NC(=O)NC1CCCCC1)CC2. The zero-order valence-corrected chi connectivity index (χ0v) is 13.2. The van der Waals surface area contributed by atoms with E-state index in [2.05, 4.69) is 15.7 Å². The highest BCUT2D eigenvalue weighted by molar-refractivity contribution is 5.74. The summed E-state index contributed by atoms with van der Waals surface area (Å²) >= 11 is 0. The van der Waals surface area contributed by atoms with Gasteiger partial charge in [-0.1, -0.05) is 19.3 Å². The van der Waals surface area contributed by atoms with Crippen LogP contribution in [0.1, 0.15) is 50.8 Å². The van der Waals surface area contributed by atoms with Gasteiger partial charge in [0.15, 0.2) is 0 Å². The van der Waals surface area contributed by atoms with Crippen LogP contribution in [0.4, 0.5) is 4.79 Å². The summed E-state index contributed by atoms with van der Waals surface area (Å²) in [6.07, 6.45) is 8.20. The zero-order valence-electron chi connectivity index (χ0n) is 13.2. The second-order valence-corrected chi connectivity index (χ2v) is 6.45. The van der Waals surface area contributed by atoms with E-state index < -0.39 is 0 Å². The van der Waals surface area contributed by atoms with Crippen molar-refractivity contribution < 1.29 is 4.79 Å². The van der Waals surface area contributed by atoms with E-state index in [4.69, 9.17) is 0 Å². The summed E-state index contributed by atoms with van der Waals surface area (Å²) in [5.74, 6) is 0.824. The van der Waals surface area contributed by atoms with Crippen molar-refractivity contribution in [3.63, 3.8) is 0 Å². The van der Waals surface area contributed by atoms with Gasteiger partial charge in [-0.25, -0.2) is 14.3 Å². The predicted molar refractivity (Wildman–Crippen MR) is 82.7 cm³/mol. The molecule has 0 aromatic carbocycles. The molecule has 1 saturated carbocycles. The first-order valence-electron chi connectivity index (χ1n) is 8.33. The van der Waals surface area contributed by atoms with Gasteiger partial charge in [0.25, 0.3) is 0 Å². The molecule has 122 valence electrons. The Hall–Kier alpha value is -1.79. The lowest BCUT2D eigenvalue weighted by Gasteiger charge is -2.24. The monoisotopic (exact) mass is 307 g/mol. The van der Waals surface area contributed by atoms with Crippen molar-refractivity contribution >= 4 is 6.03 Å². The number of nitrogens with zero attached hydrogens (tertiary/aromatic N) is 3. The van der Waals surface area contributed by atoms with Crippen LogP contribution >= 0.6 is 0 Å². The first-order valence-corrected chi connectivity index (χ1v) is 8.33. The smallest absolute Gasteiger partial charge is 0.335 e. The van der Waals surface area contributed by atoms with Crippen molar-refractivity contribution in [2.45, 2.75) is 70.0 Å². The topological polar surface area (TPSA) is 81.0 Å². The van der Waals surface area contributed by atoms with E-state index in [0.717, 1.165) is 37.9 Å². The summed E-state index contributed by atoms with van der Waals surface area (Å²) in [7, 11) is 1.68. The molecule has 7 heteroatoms. The minimum absolute atomic E-state index is 0.0654. The molecule has 2 aliphatic rings. The fourth-order valence-corrected chi connectivity index (χ4v) is 3.50. The van der Waals surface area contributed by atoms with Crippen molar-refractivity contribution in [1.29, 1.82) is 0 Å². The number of carbonyl (C=O) groups excluding carboxylic acids is 1. The molecule has 1 aliphatic carbocycles. The third-order valence-corrected chi connectivity index (χ3v) is 4.78. The second-order valence-electron chi connectivity index (χ2n) is 6.45.